The molecule has 3 rings (SSSR count). The minimum atomic E-state index is -0.506. The second-order valence-electron chi connectivity index (χ2n) is 6.97. The van der Waals surface area contributed by atoms with E-state index in [4.69, 9.17) is 4.74 Å². The van der Waals surface area contributed by atoms with E-state index in [1.807, 2.05) is 0 Å². The molecule has 1 saturated carbocycles. The number of carbonyl (C=O) groups is 2. The number of ether oxygens (including phenoxy) is 1. The predicted molar refractivity (Wildman–Crippen MR) is 87.0 cm³/mol. The Hall–Kier alpha value is -1.81. The van der Waals surface area contributed by atoms with Gasteiger partial charge in [0.2, 0.25) is 5.91 Å². The molecule has 0 aromatic heterocycles. The molecule has 7 nitrogen and oxygen atoms in total. The van der Waals surface area contributed by atoms with Crippen molar-refractivity contribution in [3.63, 3.8) is 0 Å². The van der Waals surface area contributed by atoms with Crippen LogP contribution in [0.3, 0.4) is 0 Å². The minimum Gasteiger partial charge on any atom is -0.376 e. The molecular weight excluding hydrogens is 308 g/mol. The molecule has 2 heterocycles. The number of carbonyl (C=O) groups excluding carboxylic acids is 2. The molecule has 0 radical (unpaired) electrons. The quantitative estimate of drug-likeness (QED) is 0.819. The molecule has 1 N–H and O–H groups in total. The van der Waals surface area contributed by atoms with E-state index < -0.39 is 6.04 Å². The van der Waals surface area contributed by atoms with Gasteiger partial charge >= 0.3 is 6.03 Å². The molecule has 7 heteroatoms. The number of piperidine rings is 1. The highest BCUT2D eigenvalue weighted by Gasteiger charge is 2.35. The second-order valence-corrected chi connectivity index (χ2v) is 6.97. The first kappa shape index (κ1) is 17.0. The summed E-state index contributed by atoms with van der Waals surface area (Å²) in [5.74, 6) is -0.217. The predicted octanol–water partition coefficient (Wildman–Crippen LogP) is 1.10. The van der Waals surface area contributed by atoms with Crippen molar-refractivity contribution in [1.82, 2.24) is 15.1 Å². The van der Waals surface area contributed by atoms with E-state index in [9.17, 15) is 14.9 Å². The van der Waals surface area contributed by atoms with E-state index in [1.54, 1.807) is 9.80 Å². The van der Waals surface area contributed by atoms with Gasteiger partial charge in [-0.05, 0) is 25.7 Å². The number of rotatable bonds is 2. The number of likely N-dealkylation sites (tertiary alicyclic amines) is 1. The van der Waals surface area contributed by atoms with Crippen molar-refractivity contribution in [2.75, 3.05) is 32.8 Å². The number of hydrogen-bond donors (Lipinski definition) is 1. The number of morpholine rings is 1. The lowest BCUT2D eigenvalue weighted by Gasteiger charge is -2.38. The molecule has 2 atom stereocenters. The van der Waals surface area contributed by atoms with Crippen LogP contribution >= 0.6 is 0 Å². The van der Waals surface area contributed by atoms with Crippen LogP contribution in [0.1, 0.15) is 38.5 Å². The summed E-state index contributed by atoms with van der Waals surface area (Å²) in [6.07, 6.45) is 6.08. The Kier molecular flexibility index (Phi) is 5.56. The van der Waals surface area contributed by atoms with E-state index in [-0.39, 0.29) is 30.5 Å². The zero-order valence-corrected chi connectivity index (χ0v) is 14.1. The SMILES string of the molecule is N#C[C@H]1COCCN1C(=O)[C@@H]1CCCN(C(=O)NC2CCCC2)C1. The van der Waals surface area contributed by atoms with Crippen molar-refractivity contribution >= 4 is 11.9 Å². The van der Waals surface area contributed by atoms with E-state index in [0.29, 0.717) is 26.2 Å². The first-order chi connectivity index (χ1) is 11.7. The minimum absolute atomic E-state index is 0.0109. The highest BCUT2D eigenvalue weighted by atomic mass is 16.5. The Morgan fingerprint density at radius 1 is 1.12 bits per heavy atom. The van der Waals surface area contributed by atoms with Gasteiger partial charge in [0.1, 0.15) is 6.04 Å². The van der Waals surface area contributed by atoms with Crippen LogP contribution in [0.4, 0.5) is 4.79 Å². The summed E-state index contributed by atoms with van der Waals surface area (Å²) in [6, 6.07) is 1.88. The Bertz CT molecular complexity index is 512. The van der Waals surface area contributed by atoms with Gasteiger partial charge in [-0.15, -0.1) is 0 Å². The van der Waals surface area contributed by atoms with Gasteiger partial charge in [-0.3, -0.25) is 4.79 Å². The largest absolute Gasteiger partial charge is 0.376 e. The van der Waals surface area contributed by atoms with Crippen LogP contribution in [-0.2, 0) is 9.53 Å². The zero-order chi connectivity index (χ0) is 16.9. The number of hydrogen-bond acceptors (Lipinski definition) is 4. The summed E-state index contributed by atoms with van der Waals surface area (Å²) in [5.41, 5.74) is 0. The van der Waals surface area contributed by atoms with Crippen LogP contribution < -0.4 is 5.32 Å². The van der Waals surface area contributed by atoms with Gasteiger partial charge in [-0.2, -0.15) is 5.26 Å². The molecular formula is C17H26N4O3. The molecule has 1 aliphatic carbocycles. The molecule has 0 aromatic carbocycles. The lowest BCUT2D eigenvalue weighted by atomic mass is 9.96. The van der Waals surface area contributed by atoms with Crippen LogP contribution in [0.25, 0.3) is 0 Å². The highest BCUT2D eigenvalue weighted by Crippen LogP contribution is 2.22. The van der Waals surface area contributed by atoms with E-state index >= 15 is 0 Å². The Balaban J connectivity index is 1.57. The molecule has 0 spiro atoms. The standard InChI is InChI=1S/C17H26N4O3/c18-10-15-12-24-9-8-21(15)16(22)13-4-3-7-20(11-13)17(23)19-14-5-1-2-6-14/h13-15H,1-9,11-12H2,(H,19,23)/t13-,15+/m1/s1. The van der Waals surface area contributed by atoms with Crippen molar-refractivity contribution in [2.45, 2.75) is 50.6 Å². The maximum absolute atomic E-state index is 12.8. The summed E-state index contributed by atoms with van der Waals surface area (Å²) >= 11 is 0. The molecule has 132 valence electrons. The van der Waals surface area contributed by atoms with E-state index in [2.05, 4.69) is 11.4 Å². The molecule has 2 aliphatic heterocycles. The Labute approximate surface area is 142 Å². The molecule has 24 heavy (non-hydrogen) atoms. The number of nitrogens with zero attached hydrogens (tertiary/aromatic N) is 3. The first-order valence-corrected chi connectivity index (χ1v) is 9.02. The van der Waals surface area contributed by atoms with Gasteiger partial charge in [0.05, 0.1) is 25.2 Å². The summed E-state index contributed by atoms with van der Waals surface area (Å²) < 4.78 is 5.28. The average molecular weight is 334 g/mol. The van der Waals surface area contributed by atoms with Crippen LogP contribution in [0.15, 0.2) is 0 Å². The number of nitriles is 1. The van der Waals surface area contributed by atoms with Gasteiger partial charge in [-0.1, -0.05) is 12.8 Å². The molecule has 3 amide bonds. The molecule has 0 aromatic rings. The third kappa shape index (κ3) is 3.81. The maximum atomic E-state index is 12.8. The average Bonchev–Trinajstić information content (AvgIpc) is 3.14. The van der Waals surface area contributed by atoms with Crippen LogP contribution in [-0.4, -0.2) is 66.7 Å². The fourth-order valence-electron chi connectivity index (χ4n) is 3.91. The van der Waals surface area contributed by atoms with Gasteiger partial charge in [0.15, 0.2) is 0 Å². The number of urea groups is 1. The summed E-state index contributed by atoms with van der Waals surface area (Å²) in [5, 5.41) is 12.3. The smallest absolute Gasteiger partial charge is 0.317 e. The van der Waals surface area contributed by atoms with Crippen LogP contribution in [0, 0.1) is 17.2 Å². The number of amides is 3. The molecule has 0 unspecified atom stereocenters. The van der Waals surface area contributed by atoms with E-state index in [1.165, 1.54) is 12.8 Å². The topological polar surface area (TPSA) is 85.7 Å². The molecule has 2 saturated heterocycles. The third-order valence-corrected chi connectivity index (χ3v) is 5.30. The lowest BCUT2D eigenvalue weighted by Crippen LogP contribution is -2.54. The molecule has 3 aliphatic rings. The van der Waals surface area contributed by atoms with Crippen LogP contribution in [0.2, 0.25) is 0 Å². The normalized spacial score (nSPS) is 28.5. The summed E-state index contributed by atoms with van der Waals surface area (Å²) in [7, 11) is 0. The second kappa shape index (κ2) is 7.84. The lowest BCUT2D eigenvalue weighted by molar-refractivity contribution is -0.143. The van der Waals surface area contributed by atoms with Crippen LogP contribution in [0.5, 0.6) is 0 Å². The van der Waals surface area contributed by atoms with Crippen molar-refractivity contribution in [3.05, 3.63) is 0 Å². The Morgan fingerprint density at radius 2 is 1.92 bits per heavy atom. The van der Waals surface area contributed by atoms with Crippen molar-refractivity contribution in [1.29, 1.82) is 5.26 Å². The molecule has 3 fully saturated rings. The maximum Gasteiger partial charge on any atom is 0.317 e. The van der Waals surface area contributed by atoms with Gasteiger partial charge in [-0.25, -0.2) is 4.79 Å². The summed E-state index contributed by atoms with van der Waals surface area (Å²) in [4.78, 5) is 28.6. The summed E-state index contributed by atoms with van der Waals surface area (Å²) in [6.45, 7) is 2.37. The van der Waals surface area contributed by atoms with Crippen molar-refractivity contribution < 1.29 is 14.3 Å². The first-order valence-electron chi connectivity index (χ1n) is 9.02. The number of nitrogens with one attached hydrogen (secondary N) is 1. The Morgan fingerprint density at radius 3 is 2.67 bits per heavy atom. The van der Waals surface area contributed by atoms with E-state index in [0.717, 1.165) is 25.7 Å². The molecule has 0 bridgehead atoms. The van der Waals surface area contributed by atoms with Crippen molar-refractivity contribution in [2.24, 2.45) is 5.92 Å². The zero-order valence-electron chi connectivity index (χ0n) is 14.1. The van der Waals surface area contributed by atoms with Gasteiger partial charge in [0.25, 0.3) is 0 Å². The fourth-order valence-corrected chi connectivity index (χ4v) is 3.91. The van der Waals surface area contributed by atoms with Gasteiger partial charge in [0, 0.05) is 25.7 Å². The fraction of sp³-hybridized carbons (Fsp3) is 0.824. The monoisotopic (exact) mass is 334 g/mol. The highest BCUT2D eigenvalue weighted by molar-refractivity contribution is 5.81. The van der Waals surface area contributed by atoms with Gasteiger partial charge < -0.3 is 19.9 Å². The van der Waals surface area contributed by atoms with Crippen molar-refractivity contribution in [3.8, 4) is 6.07 Å². The third-order valence-electron chi connectivity index (χ3n) is 5.30.